The molecule has 0 atom stereocenters. The zero-order valence-electron chi connectivity index (χ0n) is 23.6. The number of pyridine rings is 2. The van der Waals surface area contributed by atoms with Crippen molar-refractivity contribution in [3.05, 3.63) is 88.2 Å². The number of rotatable bonds is 9. The minimum Gasteiger partial charge on any atom is -0.492 e. The third-order valence-electron chi connectivity index (χ3n) is 7.29. The first kappa shape index (κ1) is 30.6. The van der Waals surface area contributed by atoms with Crippen LogP contribution in [0.5, 0.6) is 5.75 Å². The lowest BCUT2D eigenvalue weighted by molar-refractivity contribution is 0.0944. The topological polar surface area (TPSA) is 71.8 Å². The van der Waals surface area contributed by atoms with Gasteiger partial charge in [0.05, 0.1) is 23.5 Å². The van der Waals surface area contributed by atoms with Gasteiger partial charge in [0.15, 0.2) is 0 Å². The van der Waals surface area contributed by atoms with E-state index in [9.17, 15) is 4.79 Å². The first-order valence-electron chi connectivity index (χ1n) is 13.9. The molecule has 1 saturated heterocycles. The number of ether oxygens (including phenoxy) is 1. The third-order valence-corrected chi connectivity index (χ3v) is 7.51. The standard InChI is InChI=1S/C31H35ClFN5O2.ClH/c1-4-27-30(38-18-23(32)6-9-29(38)36-27)31(39)35-16-21-5-8-25(26(33)15-21)22-11-13-37(14-12-22)28-10-7-24(17-34-28)40-19-20(2)3;/h5-10,15,17-18,20,22H,4,11-14,16,19H2,1-3H3,(H,35,39);1H. The van der Waals surface area contributed by atoms with Crippen molar-refractivity contribution in [3.8, 4) is 5.75 Å². The van der Waals surface area contributed by atoms with Gasteiger partial charge >= 0.3 is 0 Å². The molecule has 1 aliphatic heterocycles. The maximum Gasteiger partial charge on any atom is 0.270 e. The molecule has 1 aliphatic rings. The monoisotopic (exact) mass is 599 g/mol. The fraction of sp³-hybridized carbons (Fsp3) is 0.387. The quantitative estimate of drug-likeness (QED) is 0.228. The molecule has 1 amide bonds. The van der Waals surface area contributed by atoms with Crippen molar-refractivity contribution in [2.24, 2.45) is 5.92 Å². The van der Waals surface area contributed by atoms with Gasteiger partial charge in [0, 0.05) is 25.8 Å². The zero-order chi connectivity index (χ0) is 28.2. The average Bonchev–Trinajstić information content (AvgIpc) is 3.33. The Kier molecular flexibility index (Phi) is 10.1. The number of halogens is 3. The SMILES string of the molecule is CCc1nc2ccc(Cl)cn2c1C(=O)NCc1ccc(C2CCN(c3ccc(OCC(C)C)cn3)CC2)c(F)c1.Cl. The van der Waals surface area contributed by atoms with Crippen molar-refractivity contribution >= 4 is 41.4 Å². The number of hydrogen-bond acceptors (Lipinski definition) is 5. The summed E-state index contributed by atoms with van der Waals surface area (Å²) in [6.45, 7) is 8.68. The van der Waals surface area contributed by atoms with E-state index in [2.05, 4.69) is 34.0 Å². The number of aryl methyl sites for hydroxylation is 1. The van der Waals surface area contributed by atoms with Crippen molar-refractivity contribution < 1.29 is 13.9 Å². The number of fused-ring (bicyclic) bond motifs is 1. The van der Waals surface area contributed by atoms with Crippen LogP contribution in [0, 0.1) is 11.7 Å². The van der Waals surface area contributed by atoms with Crippen molar-refractivity contribution in [3.63, 3.8) is 0 Å². The smallest absolute Gasteiger partial charge is 0.270 e. The molecule has 1 aromatic carbocycles. The molecule has 218 valence electrons. The zero-order valence-corrected chi connectivity index (χ0v) is 25.1. The highest BCUT2D eigenvalue weighted by molar-refractivity contribution is 6.30. The van der Waals surface area contributed by atoms with Gasteiger partial charge in [0.25, 0.3) is 5.91 Å². The highest BCUT2D eigenvalue weighted by Crippen LogP contribution is 2.32. The first-order chi connectivity index (χ1) is 19.3. The fourth-order valence-electron chi connectivity index (χ4n) is 5.16. The van der Waals surface area contributed by atoms with Crippen molar-refractivity contribution in [1.82, 2.24) is 19.7 Å². The number of piperidine rings is 1. The molecule has 3 aromatic heterocycles. The molecule has 10 heteroatoms. The maximum absolute atomic E-state index is 15.2. The summed E-state index contributed by atoms with van der Waals surface area (Å²) in [4.78, 5) is 24.4. The van der Waals surface area contributed by atoms with Crippen LogP contribution in [0.3, 0.4) is 0 Å². The van der Waals surface area contributed by atoms with E-state index >= 15 is 4.39 Å². The minimum absolute atomic E-state index is 0. The van der Waals surface area contributed by atoms with E-state index in [1.807, 2.05) is 31.2 Å². The summed E-state index contributed by atoms with van der Waals surface area (Å²) in [6, 6.07) is 12.8. The molecule has 4 aromatic rings. The van der Waals surface area contributed by atoms with Crippen LogP contribution in [0.2, 0.25) is 5.02 Å². The molecule has 4 heterocycles. The Labute approximate surface area is 251 Å². The normalized spacial score (nSPS) is 13.9. The van der Waals surface area contributed by atoms with E-state index < -0.39 is 0 Å². The number of benzene rings is 1. The molecular formula is C31H36Cl2FN5O2. The Hall–Kier alpha value is -3.36. The van der Waals surface area contributed by atoms with Crippen molar-refractivity contribution in [2.75, 3.05) is 24.6 Å². The van der Waals surface area contributed by atoms with Crippen LogP contribution < -0.4 is 15.0 Å². The van der Waals surface area contributed by atoms with Gasteiger partial charge in [-0.05, 0) is 72.6 Å². The van der Waals surface area contributed by atoms with Gasteiger partial charge in [0.2, 0.25) is 0 Å². The summed E-state index contributed by atoms with van der Waals surface area (Å²) in [6.07, 6.45) is 5.76. The maximum atomic E-state index is 15.2. The molecule has 1 N–H and O–H groups in total. The summed E-state index contributed by atoms with van der Waals surface area (Å²) >= 11 is 6.15. The molecule has 0 spiro atoms. The number of carbonyl (C=O) groups is 1. The Bertz CT molecular complexity index is 1480. The van der Waals surface area contributed by atoms with E-state index in [0.29, 0.717) is 46.6 Å². The number of anilines is 1. The lowest BCUT2D eigenvalue weighted by atomic mass is 9.88. The van der Waals surface area contributed by atoms with Crippen LogP contribution in [-0.4, -0.2) is 40.0 Å². The van der Waals surface area contributed by atoms with Gasteiger partial charge in [0.1, 0.15) is 28.7 Å². The van der Waals surface area contributed by atoms with Crippen molar-refractivity contribution in [2.45, 2.75) is 52.5 Å². The predicted molar refractivity (Wildman–Crippen MR) is 163 cm³/mol. The number of imidazole rings is 1. The van der Waals surface area contributed by atoms with Gasteiger partial charge in [-0.15, -0.1) is 12.4 Å². The van der Waals surface area contributed by atoms with Crippen LogP contribution in [0.25, 0.3) is 5.65 Å². The van der Waals surface area contributed by atoms with Gasteiger partial charge in [-0.25, -0.2) is 14.4 Å². The highest BCUT2D eigenvalue weighted by Gasteiger charge is 2.24. The largest absolute Gasteiger partial charge is 0.492 e. The summed E-state index contributed by atoms with van der Waals surface area (Å²) < 4.78 is 22.7. The summed E-state index contributed by atoms with van der Waals surface area (Å²) in [7, 11) is 0. The molecule has 0 unspecified atom stereocenters. The van der Waals surface area contributed by atoms with Gasteiger partial charge in [-0.3, -0.25) is 9.20 Å². The van der Waals surface area contributed by atoms with Crippen LogP contribution in [0.1, 0.15) is 66.8 Å². The fourth-order valence-corrected chi connectivity index (χ4v) is 5.32. The van der Waals surface area contributed by atoms with Gasteiger partial charge < -0.3 is 15.0 Å². The molecule has 7 nitrogen and oxygen atoms in total. The summed E-state index contributed by atoms with van der Waals surface area (Å²) in [5.74, 6) is 1.80. The lowest BCUT2D eigenvalue weighted by Gasteiger charge is -2.33. The number of hydrogen-bond donors (Lipinski definition) is 1. The lowest BCUT2D eigenvalue weighted by Crippen LogP contribution is -2.33. The second-order valence-electron chi connectivity index (χ2n) is 10.7. The third kappa shape index (κ3) is 7.11. The predicted octanol–water partition coefficient (Wildman–Crippen LogP) is 6.85. The van der Waals surface area contributed by atoms with Gasteiger partial charge in [-0.1, -0.05) is 44.5 Å². The Morgan fingerprint density at radius 2 is 1.95 bits per heavy atom. The van der Waals surface area contributed by atoms with Crippen LogP contribution >= 0.6 is 24.0 Å². The Morgan fingerprint density at radius 3 is 2.61 bits per heavy atom. The number of nitrogens with one attached hydrogen (secondary N) is 1. The van der Waals surface area contributed by atoms with E-state index in [0.717, 1.165) is 43.1 Å². The number of carbonyl (C=O) groups excluding carboxylic acids is 1. The van der Waals surface area contributed by atoms with E-state index in [-0.39, 0.29) is 36.6 Å². The molecular weight excluding hydrogens is 564 g/mol. The molecule has 5 rings (SSSR count). The molecule has 41 heavy (non-hydrogen) atoms. The van der Waals surface area contributed by atoms with Crippen molar-refractivity contribution in [1.29, 1.82) is 0 Å². The van der Waals surface area contributed by atoms with Crippen LogP contribution in [0.15, 0.2) is 54.9 Å². The molecule has 0 aliphatic carbocycles. The number of aromatic nitrogens is 3. The first-order valence-corrected chi connectivity index (χ1v) is 14.3. The van der Waals surface area contributed by atoms with E-state index in [4.69, 9.17) is 16.3 Å². The molecule has 1 fully saturated rings. The molecule has 0 saturated carbocycles. The highest BCUT2D eigenvalue weighted by atomic mass is 35.5. The average molecular weight is 601 g/mol. The second kappa shape index (κ2) is 13.5. The van der Waals surface area contributed by atoms with Gasteiger partial charge in [-0.2, -0.15) is 0 Å². The Balaban J connectivity index is 0.00000387. The molecule has 0 radical (unpaired) electrons. The second-order valence-corrected chi connectivity index (χ2v) is 11.1. The van der Waals surface area contributed by atoms with E-state index in [1.54, 1.807) is 28.9 Å². The number of nitrogens with zero attached hydrogens (tertiary/aromatic N) is 4. The molecule has 0 bridgehead atoms. The van der Waals surface area contributed by atoms with Crippen LogP contribution in [0.4, 0.5) is 10.2 Å². The number of amides is 1. The Morgan fingerprint density at radius 1 is 1.17 bits per heavy atom. The van der Waals surface area contributed by atoms with Crippen LogP contribution in [-0.2, 0) is 13.0 Å². The minimum atomic E-state index is -0.267. The summed E-state index contributed by atoms with van der Waals surface area (Å²) in [5.41, 5.74) is 3.25. The summed E-state index contributed by atoms with van der Waals surface area (Å²) in [5, 5.41) is 3.44. The van der Waals surface area contributed by atoms with E-state index in [1.165, 1.54) is 6.07 Å².